The van der Waals surface area contributed by atoms with Gasteiger partial charge in [-0.15, -0.1) is 12.4 Å². The van der Waals surface area contributed by atoms with E-state index in [0.29, 0.717) is 5.41 Å². The van der Waals surface area contributed by atoms with Gasteiger partial charge < -0.3 is 5.32 Å². The topological polar surface area (TPSA) is 42.7 Å². The highest BCUT2D eigenvalue weighted by atomic mass is 35.5. The van der Waals surface area contributed by atoms with Crippen molar-refractivity contribution in [3.8, 4) is 0 Å². The highest BCUT2D eigenvalue weighted by Gasteiger charge is 2.08. The first-order valence-electron chi connectivity index (χ1n) is 4.61. The Hall–Kier alpha value is -0.610. The van der Waals surface area contributed by atoms with E-state index < -0.39 is 0 Å². The summed E-state index contributed by atoms with van der Waals surface area (Å²) in [5.74, 6) is 0. The van der Waals surface area contributed by atoms with E-state index in [1.807, 2.05) is 4.68 Å². The highest BCUT2D eigenvalue weighted by Crippen LogP contribution is 2.09. The second-order valence-electron chi connectivity index (χ2n) is 4.40. The summed E-state index contributed by atoms with van der Waals surface area (Å²) < 4.78 is 1.83. The molecule has 0 spiro atoms. The van der Waals surface area contributed by atoms with Gasteiger partial charge in [-0.05, 0) is 5.41 Å². The van der Waals surface area contributed by atoms with Crippen LogP contribution in [0.25, 0.3) is 0 Å². The second-order valence-corrected chi connectivity index (χ2v) is 4.40. The SMILES string of the molecule is CC(C)(C)CNCCn1cncn1.Cl. The third-order valence-electron chi connectivity index (χ3n) is 1.64. The predicted octanol–water partition coefficient (Wildman–Crippen LogP) is 1.34. The lowest BCUT2D eigenvalue weighted by Gasteiger charge is -2.18. The van der Waals surface area contributed by atoms with E-state index in [9.17, 15) is 0 Å². The number of rotatable bonds is 4. The molecule has 0 aliphatic carbocycles. The van der Waals surface area contributed by atoms with Crippen molar-refractivity contribution >= 4 is 12.4 Å². The summed E-state index contributed by atoms with van der Waals surface area (Å²) in [6.07, 6.45) is 3.29. The molecule has 1 aromatic rings. The fourth-order valence-electron chi connectivity index (χ4n) is 1.01. The molecule has 0 unspecified atom stereocenters. The second kappa shape index (κ2) is 5.98. The Kier molecular flexibility index (Phi) is 5.72. The summed E-state index contributed by atoms with van der Waals surface area (Å²) in [6.45, 7) is 9.51. The molecule has 0 saturated heterocycles. The van der Waals surface area contributed by atoms with Crippen LogP contribution in [0.5, 0.6) is 0 Å². The number of hydrogen-bond acceptors (Lipinski definition) is 3. The third-order valence-corrected chi connectivity index (χ3v) is 1.64. The average molecular weight is 219 g/mol. The minimum absolute atomic E-state index is 0. The van der Waals surface area contributed by atoms with Gasteiger partial charge in [0.05, 0.1) is 6.54 Å². The number of aromatic nitrogens is 3. The summed E-state index contributed by atoms with van der Waals surface area (Å²) >= 11 is 0. The molecule has 1 aromatic heterocycles. The standard InChI is InChI=1S/C9H18N4.ClH/c1-9(2,3)6-10-4-5-13-8-11-7-12-13;/h7-8,10H,4-6H2,1-3H3;1H. The van der Waals surface area contributed by atoms with Crippen molar-refractivity contribution in [3.63, 3.8) is 0 Å². The highest BCUT2D eigenvalue weighted by molar-refractivity contribution is 5.85. The van der Waals surface area contributed by atoms with Gasteiger partial charge in [0, 0.05) is 13.1 Å². The van der Waals surface area contributed by atoms with Crippen LogP contribution in [-0.4, -0.2) is 27.9 Å². The van der Waals surface area contributed by atoms with Crippen LogP contribution in [0.2, 0.25) is 0 Å². The van der Waals surface area contributed by atoms with Crippen molar-refractivity contribution in [3.05, 3.63) is 12.7 Å². The molecule has 0 aromatic carbocycles. The van der Waals surface area contributed by atoms with Crippen LogP contribution >= 0.6 is 12.4 Å². The summed E-state index contributed by atoms with van der Waals surface area (Å²) in [5.41, 5.74) is 0.350. The fraction of sp³-hybridized carbons (Fsp3) is 0.778. The first-order valence-corrected chi connectivity index (χ1v) is 4.61. The van der Waals surface area contributed by atoms with Gasteiger partial charge in [-0.25, -0.2) is 4.98 Å². The van der Waals surface area contributed by atoms with Gasteiger partial charge in [-0.1, -0.05) is 20.8 Å². The number of hydrogen-bond donors (Lipinski definition) is 1. The Labute approximate surface area is 91.5 Å². The molecule has 0 fully saturated rings. The lowest BCUT2D eigenvalue weighted by molar-refractivity contribution is 0.373. The van der Waals surface area contributed by atoms with Gasteiger partial charge in [0.1, 0.15) is 12.7 Å². The molecule has 1 rings (SSSR count). The number of nitrogens with zero attached hydrogens (tertiary/aromatic N) is 3. The zero-order valence-corrected chi connectivity index (χ0v) is 9.84. The van der Waals surface area contributed by atoms with Crippen molar-refractivity contribution in [1.82, 2.24) is 20.1 Å². The lowest BCUT2D eigenvalue weighted by Crippen LogP contribution is -2.29. The molecule has 14 heavy (non-hydrogen) atoms. The summed E-state index contributed by atoms with van der Waals surface area (Å²) in [5, 5.41) is 7.39. The summed E-state index contributed by atoms with van der Waals surface area (Å²) in [6, 6.07) is 0. The lowest BCUT2D eigenvalue weighted by atomic mass is 9.97. The Balaban J connectivity index is 0.00000169. The smallest absolute Gasteiger partial charge is 0.137 e. The molecular weight excluding hydrogens is 200 g/mol. The minimum atomic E-state index is 0. The Bertz CT molecular complexity index is 227. The van der Waals surface area contributed by atoms with Crippen LogP contribution in [0, 0.1) is 5.41 Å². The molecule has 5 heteroatoms. The molecule has 1 heterocycles. The Morgan fingerprint density at radius 3 is 2.57 bits per heavy atom. The Morgan fingerprint density at radius 2 is 2.07 bits per heavy atom. The van der Waals surface area contributed by atoms with E-state index in [1.165, 1.54) is 0 Å². The van der Waals surface area contributed by atoms with Gasteiger partial charge in [0.15, 0.2) is 0 Å². The molecule has 1 N–H and O–H groups in total. The molecule has 0 aliphatic rings. The predicted molar refractivity (Wildman–Crippen MR) is 59.6 cm³/mol. The van der Waals surface area contributed by atoms with Crippen molar-refractivity contribution in [2.45, 2.75) is 27.3 Å². The molecule has 0 atom stereocenters. The van der Waals surface area contributed by atoms with Crippen molar-refractivity contribution < 1.29 is 0 Å². The van der Waals surface area contributed by atoms with Gasteiger partial charge in [0.25, 0.3) is 0 Å². The molecule has 0 amide bonds. The van der Waals surface area contributed by atoms with Crippen LogP contribution < -0.4 is 5.32 Å². The third kappa shape index (κ3) is 5.94. The molecule has 82 valence electrons. The zero-order valence-electron chi connectivity index (χ0n) is 9.03. The van der Waals surface area contributed by atoms with Crippen LogP contribution in [0.4, 0.5) is 0 Å². The maximum absolute atomic E-state index is 4.02. The minimum Gasteiger partial charge on any atom is -0.314 e. The maximum atomic E-state index is 4.02. The normalized spacial score (nSPS) is 11.1. The van der Waals surface area contributed by atoms with E-state index in [0.717, 1.165) is 19.6 Å². The van der Waals surface area contributed by atoms with Gasteiger partial charge in [-0.3, -0.25) is 4.68 Å². The number of halogens is 1. The van der Waals surface area contributed by atoms with Crippen molar-refractivity contribution in [2.24, 2.45) is 5.41 Å². The van der Waals surface area contributed by atoms with E-state index in [4.69, 9.17) is 0 Å². The molecule has 0 aliphatic heterocycles. The van der Waals surface area contributed by atoms with Gasteiger partial charge in [-0.2, -0.15) is 5.10 Å². The zero-order chi connectivity index (χ0) is 9.73. The van der Waals surface area contributed by atoms with E-state index >= 15 is 0 Å². The van der Waals surface area contributed by atoms with Crippen molar-refractivity contribution in [1.29, 1.82) is 0 Å². The first-order chi connectivity index (χ1) is 6.08. The fourth-order valence-corrected chi connectivity index (χ4v) is 1.01. The van der Waals surface area contributed by atoms with E-state index in [1.54, 1.807) is 12.7 Å². The molecular formula is C9H19ClN4. The quantitative estimate of drug-likeness (QED) is 0.776. The monoisotopic (exact) mass is 218 g/mol. The van der Waals surface area contributed by atoms with Gasteiger partial charge >= 0.3 is 0 Å². The largest absolute Gasteiger partial charge is 0.314 e. The van der Waals surface area contributed by atoms with Crippen LogP contribution in [-0.2, 0) is 6.54 Å². The number of nitrogens with one attached hydrogen (secondary N) is 1. The van der Waals surface area contributed by atoms with E-state index in [-0.39, 0.29) is 12.4 Å². The molecule has 0 radical (unpaired) electrons. The summed E-state index contributed by atoms with van der Waals surface area (Å²) in [7, 11) is 0. The van der Waals surface area contributed by atoms with Crippen LogP contribution in [0.1, 0.15) is 20.8 Å². The maximum Gasteiger partial charge on any atom is 0.137 e. The first kappa shape index (κ1) is 13.4. The Morgan fingerprint density at radius 1 is 1.36 bits per heavy atom. The molecule has 4 nitrogen and oxygen atoms in total. The van der Waals surface area contributed by atoms with E-state index in [2.05, 4.69) is 36.2 Å². The van der Waals surface area contributed by atoms with Crippen LogP contribution in [0.15, 0.2) is 12.7 Å². The van der Waals surface area contributed by atoms with Crippen LogP contribution in [0.3, 0.4) is 0 Å². The molecule has 0 saturated carbocycles. The van der Waals surface area contributed by atoms with Crippen molar-refractivity contribution in [2.75, 3.05) is 13.1 Å². The average Bonchev–Trinajstić information content (AvgIpc) is 2.48. The van der Waals surface area contributed by atoms with Gasteiger partial charge in [0.2, 0.25) is 0 Å². The summed E-state index contributed by atoms with van der Waals surface area (Å²) in [4.78, 5) is 3.87. The molecule has 0 bridgehead atoms.